The van der Waals surface area contributed by atoms with Crippen molar-refractivity contribution >= 4 is 66.4 Å². The average Bonchev–Trinajstić information content (AvgIpc) is 3.94. The summed E-state index contributed by atoms with van der Waals surface area (Å²) in [6.45, 7) is 18.8. The van der Waals surface area contributed by atoms with Crippen LogP contribution in [0.4, 0.5) is 22.7 Å². The maximum absolute atomic E-state index is 6.88. The van der Waals surface area contributed by atoms with Gasteiger partial charge in [-0.1, -0.05) is 108 Å². The van der Waals surface area contributed by atoms with Crippen LogP contribution >= 0.6 is 0 Å². The van der Waals surface area contributed by atoms with Crippen LogP contribution in [0.5, 0.6) is 11.5 Å². The first-order valence-electron chi connectivity index (χ1n) is 22.4. The monoisotopic (exact) mass is 835 g/mol. The molecule has 0 unspecified atom stereocenters. The number of para-hydroxylation sites is 4. The van der Waals surface area contributed by atoms with E-state index in [-0.39, 0.29) is 10.8 Å². The molecule has 0 radical (unpaired) electrons. The number of nitrogens with zero attached hydrogens (tertiary/aromatic N) is 5. The van der Waals surface area contributed by atoms with Gasteiger partial charge < -0.3 is 19.1 Å². The number of aryl methyl sites for hydroxylation is 2. The van der Waals surface area contributed by atoms with Crippen molar-refractivity contribution in [3.63, 3.8) is 0 Å². The lowest BCUT2D eigenvalue weighted by Gasteiger charge is -2.28. The van der Waals surface area contributed by atoms with E-state index in [2.05, 4.69) is 232 Å². The Bertz CT molecular complexity index is 3430. The van der Waals surface area contributed by atoms with E-state index in [9.17, 15) is 0 Å². The first-order chi connectivity index (χ1) is 30.8. The molecule has 6 heteroatoms. The third-order valence-corrected chi connectivity index (χ3v) is 13.1. The van der Waals surface area contributed by atoms with E-state index in [0.717, 1.165) is 45.1 Å². The molecule has 0 saturated heterocycles. The van der Waals surface area contributed by atoms with Crippen molar-refractivity contribution in [2.24, 2.45) is 0 Å². The van der Waals surface area contributed by atoms with Crippen molar-refractivity contribution in [1.29, 1.82) is 0 Å². The number of benzene rings is 7. The first-order valence-corrected chi connectivity index (χ1v) is 22.4. The number of fused-ring (bicyclic) bond motifs is 8. The second-order valence-corrected chi connectivity index (χ2v) is 19.5. The SMILES string of the molecule is Cc1cc(C(C)(C)C)cc(C)c1N1CN(c2cccc(Oc3ccc4c5c6c7ccccc7n(-c7ccccc7)c6ccc5n(-c5cc(C(C)(C)C)ccn5)c4c3)c2)c2ccccc21. The minimum Gasteiger partial charge on any atom is -0.457 e. The molecule has 0 amide bonds. The zero-order valence-electron chi connectivity index (χ0n) is 37.9. The topological polar surface area (TPSA) is 38.5 Å². The molecule has 0 aliphatic carbocycles. The molecule has 1 aliphatic rings. The number of aromatic nitrogens is 3. The van der Waals surface area contributed by atoms with Crippen LogP contribution in [0.15, 0.2) is 164 Å². The molecule has 0 fully saturated rings. The summed E-state index contributed by atoms with van der Waals surface area (Å²) in [6, 6.07) is 56.8. The van der Waals surface area contributed by atoms with Gasteiger partial charge >= 0.3 is 0 Å². The summed E-state index contributed by atoms with van der Waals surface area (Å²) in [5.41, 5.74) is 15.5. The molecule has 316 valence electrons. The molecule has 10 aromatic rings. The van der Waals surface area contributed by atoms with Gasteiger partial charge in [0.25, 0.3) is 0 Å². The lowest BCUT2D eigenvalue weighted by molar-refractivity contribution is 0.483. The van der Waals surface area contributed by atoms with Crippen LogP contribution < -0.4 is 14.5 Å². The molecule has 11 rings (SSSR count). The van der Waals surface area contributed by atoms with Crippen LogP contribution in [-0.4, -0.2) is 20.8 Å². The number of hydrogen-bond donors (Lipinski definition) is 0. The fourth-order valence-electron chi connectivity index (χ4n) is 10.0. The van der Waals surface area contributed by atoms with E-state index in [1.165, 1.54) is 66.5 Å². The van der Waals surface area contributed by atoms with Gasteiger partial charge in [-0.3, -0.25) is 4.57 Å². The van der Waals surface area contributed by atoms with Crippen LogP contribution in [0.2, 0.25) is 0 Å². The predicted molar refractivity (Wildman–Crippen MR) is 268 cm³/mol. The third-order valence-electron chi connectivity index (χ3n) is 13.1. The van der Waals surface area contributed by atoms with Gasteiger partial charge in [0.2, 0.25) is 0 Å². The lowest BCUT2D eigenvalue weighted by Crippen LogP contribution is -2.25. The predicted octanol–water partition coefficient (Wildman–Crippen LogP) is 15.5. The van der Waals surface area contributed by atoms with Crippen molar-refractivity contribution in [3.05, 3.63) is 186 Å². The zero-order valence-corrected chi connectivity index (χ0v) is 37.9. The highest BCUT2D eigenvalue weighted by Crippen LogP contribution is 2.48. The second kappa shape index (κ2) is 14.6. The fraction of sp³-hybridized carbons (Fsp3) is 0.190. The van der Waals surface area contributed by atoms with Crippen LogP contribution in [0.25, 0.3) is 55.1 Å². The van der Waals surface area contributed by atoms with E-state index >= 15 is 0 Å². The molecule has 7 aromatic carbocycles. The van der Waals surface area contributed by atoms with Crippen molar-refractivity contribution in [3.8, 4) is 23.0 Å². The third kappa shape index (κ3) is 6.42. The molecule has 6 nitrogen and oxygen atoms in total. The van der Waals surface area contributed by atoms with Crippen molar-refractivity contribution in [1.82, 2.24) is 14.1 Å². The highest BCUT2D eigenvalue weighted by Gasteiger charge is 2.31. The minimum absolute atomic E-state index is 0.0481. The minimum atomic E-state index is -0.0481. The van der Waals surface area contributed by atoms with Gasteiger partial charge in [-0.15, -0.1) is 0 Å². The Morgan fingerprint density at radius 3 is 1.80 bits per heavy atom. The van der Waals surface area contributed by atoms with Gasteiger partial charge in [0, 0.05) is 56.9 Å². The fourth-order valence-corrected chi connectivity index (χ4v) is 10.0. The molecule has 3 aromatic heterocycles. The summed E-state index contributed by atoms with van der Waals surface area (Å²) in [4.78, 5) is 9.90. The van der Waals surface area contributed by atoms with Gasteiger partial charge in [0.1, 0.15) is 24.0 Å². The van der Waals surface area contributed by atoms with Crippen LogP contribution in [-0.2, 0) is 10.8 Å². The molecule has 64 heavy (non-hydrogen) atoms. The van der Waals surface area contributed by atoms with Crippen molar-refractivity contribution in [2.45, 2.75) is 66.2 Å². The molecular formula is C58H53N5O. The lowest BCUT2D eigenvalue weighted by atomic mass is 9.84. The van der Waals surface area contributed by atoms with Crippen LogP contribution in [0.1, 0.15) is 63.8 Å². The second-order valence-electron chi connectivity index (χ2n) is 19.5. The van der Waals surface area contributed by atoms with Gasteiger partial charge in [-0.05, 0) is 126 Å². The average molecular weight is 836 g/mol. The molecule has 1 aliphatic heterocycles. The standard InChI is InChI=1S/C58H53N5O/c1-37-31-40(58(6,7)8)32-38(2)56(37)61-36-60(48-23-14-15-24-49(48)61)42-19-16-20-43(34-42)64-44-25-26-46-52(35-44)63(53-33-39(29-30-59-53)57(3,4)5)51-28-27-50-54(55(46)51)45-21-12-13-22-47(45)62(50)41-17-10-9-11-18-41/h9-35H,36H2,1-8H3. The van der Waals surface area contributed by atoms with Crippen molar-refractivity contribution in [2.75, 3.05) is 16.5 Å². The van der Waals surface area contributed by atoms with Crippen LogP contribution in [0.3, 0.4) is 0 Å². The number of rotatable bonds is 6. The molecule has 0 atom stereocenters. The Morgan fingerprint density at radius 2 is 1.08 bits per heavy atom. The van der Waals surface area contributed by atoms with E-state index in [1.807, 2.05) is 6.20 Å². The Hall–Kier alpha value is -7.31. The summed E-state index contributed by atoms with van der Waals surface area (Å²) >= 11 is 0. The smallest absolute Gasteiger partial charge is 0.137 e. The summed E-state index contributed by atoms with van der Waals surface area (Å²) in [6.07, 6.45) is 1.94. The molecule has 0 bridgehead atoms. The molecule has 0 saturated carbocycles. The Labute approximate surface area is 375 Å². The number of anilines is 4. The summed E-state index contributed by atoms with van der Waals surface area (Å²) in [5, 5.41) is 4.79. The van der Waals surface area contributed by atoms with E-state index < -0.39 is 0 Å². The van der Waals surface area contributed by atoms with Crippen molar-refractivity contribution < 1.29 is 4.74 Å². The van der Waals surface area contributed by atoms with E-state index in [0.29, 0.717) is 6.67 Å². The normalized spacial score (nSPS) is 13.2. The molecular weight excluding hydrogens is 783 g/mol. The summed E-state index contributed by atoms with van der Waals surface area (Å²) in [7, 11) is 0. The Kier molecular flexibility index (Phi) is 9.04. The first kappa shape index (κ1) is 39.5. The van der Waals surface area contributed by atoms with E-state index in [4.69, 9.17) is 9.72 Å². The zero-order chi connectivity index (χ0) is 44.1. The quantitative estimate of drug-likeness (QED) is 0.167. The molecule has 0 spiro atoms. The van der Waals surface area contributed by atoms with Gasteiger partial charge in [-0.25, -0.2) is 4.98 Å². The van der Waals surface area contributed by atoms with E-state index in [1.54, 1.807) is 0 Å². The van der Waals surface area contributed by atoms with Gasteiger partial charge in [0.05, 0.1) is 33.4 Å². The summed E-state index contributed by atoms with van der Waals surface area (Å²) in [5.74, 6) is 2.42. The number of hydrogen-bond acceptors (Lipinski definition) is 4. The van der Waals surface area contributed by atoms with Crippen LogP contribution in [0, 0.1) is 13.8 Å². The highest BCUT2D eigenvalue weighted by molar-refractivity contribution is 6.29. The Morgan fingerprint density at radius 1 is 0.469 bits per heavy atom. The van der Waals surface area contributed by atoms with Gasteiger partial charge in [0.15, 0.2) is 0 Å². The molecule has 4 heterocycles. The van der Waals surface area contributed by atoms with Gasteiger partial charge in [-0.2, -0.15) is 0 Å². The largest absolute Gasteiger partial charge is 0.457 e. The molecule has 0 N–H and O–H groups in total. The number of pyridine rings is 1. The number of ether oxygens (including phenoxy) is 1. The highest BCUT2D eigenvalue weighted by atomic mass is 16.5. The summed E-state index contributed by atoms with van der Waals surface area (Å²) < 4.78 is 11.6. The maximum Gasteiger partial charge on any atom is 0.137 e. The maximum atomic E-state index is 6.88. The Balaban J connectivity index is 1.03.